The van der Waals surface area contributed by atoms with Gasteiger partial charge >= 0.3 is 0 Å². The maximum atomic E-state index is 12.5. The van der Waals surface area contributed by atoms with Gasteiger partial charge in [-0.3, -0.25) is 4.40 Å². The number of hydrogen-bond acceptors (Lipinski definition) is 3. The molecule has 0 saturated carbocycles. The van der Waals surface area contributed by atoms with Crippen LogP contribution >= 0.6 is 0 Å². The number of benzene rings is 1. The second-order valence-corrected chi connectivity index (χ2v) is 4.34. The van der Waals surface area contributed by atoms with Crippen LogP contribution in [0.2, 0.25) is 0 Å². The number of hydrogen-bond donors (Lipinski definition) is 1. The summed E-state index contributed by atoms with van der Waals surface area (Å²) in [5.74, 6) is 1.54. The van der Waals surface area contributed by atoms with E-state index in [0.717, 1.165) is 17.2 Å². The molecule has 0 unspecified atom stereocenters. The van der Waals surface area contributed by atoms with Crippen LogP contribution in [0.15, 0.2) is 42.7 Å². The Morgan fingerprint density at radius 1 is 1.26 bits per heavy atom. The van der Waals surface area contributed by atoms with Gasteiger partial charge in [-0.1, -0.05) is 12.1 Å². The van der Waals surface area contributed by atoms with Crippen molar-refractivity contribution >= 4 is 17.3 Å². The highest BCUT2D eigenvalue weighted by atomic mass is 19.1. The molecule has 3 aromatic rings. The third-order valence-electron chi connectivity index (χ3n) is 2.88. The van der Waals surface area contributed by atoms with Crippen molar-refractivity contribution in [3.63, 3.8) is 0 Å². The minimum absolute atomic E-state index is 0.444. The van der Waals surface area contributed by atoms with E-state index >= 15 is 0 Å². The molecule has 1 N–H and O–H groups in total. The Balaban J connectivity index is 1.97. The number of nitrogens with one attached hydrogen (secondary N) is 1. The van der Waals surface area contributed by atoms with Crippen LogP contribution in [0.25, 0.3) is 5.78 Å². The van der Waals surface area contributed by atoms with E-state index in [1.54, 1.807) is 18.3 Å². The molecule has 0 fully saturated rings. The van der Waals surface area contributed by atoms with E-state index in [2.05, 4.69) is 15.3 Å². The highest BCUT2D eigenvalue weighted by molar-refractivity contribution is 5.59. The summed E-state index contributed by atoms with van der Waals surface area (Å²) in [7, 11) is 0. The van der Waals surface area contributed by atoms with Crippen molar-refractivity contribution in [3.8, 4) is 0 Å². The fraction of sp³-hybridized carbons (Fsp3) is 0.143. The Bertz CT molecular complexity index is 703. The molecule has 3 rings (SSSR count). The molecular formula is C14H13FN4. The van der Waals surface area contributed by atoms with Gasteiger partial charge in [0.05, 0.1) is 0 Å². The topological polar surface area (TPSA) is 42.2 Å². The van der Waals surface area contributed by atoms with E-state index in [1.807, 2.05) is 35.7 Å². The summed E-state index contributed by atoms with van der Waals surface area (Å²) in [6.07, 6.45) is 3.55. The molecule has 0 spiro atoms. The van der Waals surface area contributed by atoms with Gasteiger partial charge in [0.25, 0.3) is 0 Å². The molecule has 1 aromatic carbocycles. The Hall–Kier alpha value is -2.43. The maximum Gasteiger partial charge on any atom is 0.235 e. The monoisotopic (exact) mass is 256 g/mol. The first-order valence-electron chi connectivity index (χ1n) is 5.99. The standard InChI is InChI=1S/C14H13FN4/c1-10-8-13(19-7-6-16-14(19)17-10)18-12-4-2-11(9-15)3-5-12/h2-8,18H,9H2,1H3. The van der Waals surface area contributed by atoms with E-state index in [1.165, 1.54) is 0 Å². The SMILES string of the molecule is Cc1cc(Nc2ccc(CF)cc2)n2ccnc2n1. The van der Waals surface area contributed by atoms with Crippen LogP contribution in [0.5, 0.6) is 0 Å². The van der Waals surface area contributed by atoms with Gasteiger partial charge in [-0.25, -0.2) is 14.4 Å². The Kier molecular flexibility index (Phi) is 2.87. The van der Waals surface area contributed by atoms with E-state index in [0.29, 0.717) is 11.3 Å². The molecule has 0 amide bonds. The van der Waals surface area contributed by atoms with Gasteiger partial charge in [-0.15, -0.1) is 0 Å². The molecule has 0 aliphatic heterocycles. The predicted molar refractivity (Wildman–Crippen MR) is 72.3 cm³/mol. The number of alkyl halides is 1. The van der Waals surface area contributed by atoms with Crippen molar-refractivity contribution in [1.29, 1.82) is 0 Å². The van der Waals surface area contributed by atoms with Crippen LogP contribution in [0.4, 0.5) is 15.9 Å². The highest BCUT2D eigenvalue weighted by Crippen LogP contribution is 2.19. The molecule has 0 bridgehead atoms. The minimum atomic E-state index is -0.444. The van der Waals surface area contributed by atoms with Crippen molar-refractivity contribution in [2.45, 2.75) is 13.6 Å². The molecule has 0 aliphatic carbocycles. The summed E-state index contributed by atoms with van der Waals surface area (Å²) in [6, 6.07) is 9.18. The van der Waals surface area contributed by atoms with Crippen molar-refractivity contribution in [2.75, 3.05) is 5.32 Å². The number of fused-ring (bicyclic) bond motifs is 1. The Morgan fingerprint density at radius 3 is 2.79 bits per heavy atom. The first kappa shape index (κ1) is 11.6. The zero-order valence-corrected chi connectivity index (χ0v) is 10.5. The Morgan fingerprint density at radius 2 is 2.05 bits per heavy atom. The van der Waals surface area contributed by atoms with E-state index in [4.69, 9.17) is 0 Å². The molecule has 0 saturated heterocycles. The van der Waals surface area contributed by atoms with E-state index < -0.39 is 6.67 Å². The summed E-state index contributed by atoms with van der Waals surface area (Å²) in [6.45, 7) is 1.48. The van der Waals surface area contributed by atoms with Gasteiger partial charge in [0.1, 0.15) is 12.5 Å². The number of nitrogens with zero attached hydrogens (tertiary/aromatic N) is 3. The van der Waals surface area contributed by atoms with Crippen LogP contribution in [0.1, 0.15) is 11.3 Å². The van der Waals surface area contributed by atoms with Crippen LogP contribution in [0, 0.1) is 6.92 Å². The van der Waals surface area contributed by atoms with Crippen LogP contribution in [0.3, 0.4) is 0 Å². The molecule has 19 heavy (non-hydrogen) atoms. The molecular weight excluding hydrogens is 243 g/mol. The number of rotatable bonds is 3. The summed E-state index contributed by atoms with van der Waals surface area (Å²) in [5, 5.41) is 3.29. The third-order valence-corrected chi connectivity index (χ3v) is 2.88. The van der Waals surface area contributed by atoms with E-state index in [-0.39, 0.29) is 0 Å². The summed E-state index contributed by atoms with van der Waals surface area (Å²) >= 11 is 0. The third kappa shape index (κ3) is 2.27. The first-order chi connectivity index (χ1) is 9.26. The molecule has 0 radical (unpaired) electrons. The minimum Gasteiger partial charge on any atom is -0.341 e. The Labute approximate surface area is 109 Å². The summed E-state index contributed by atoms with van der Waals surface area (Å²) < 4.78 is 14.3. The molecule has 2 heterocycles. The second kappa shape index (κ2) is 4.68. The lowest BCUT2D eigenvalue weighted by molar-refractivity contribution is 0.485. The van der Waals surface area contributed by atoms with Crippen molar-refractivity contribution in [3.05, 3.63) is 54.0 Å². The number of anilines is 2. The molecule has 2 aromatic heterocycles. The van der Waals surface area contributed by atoms with Crippen molar-refractivity contribution < 1.29 is 4.39 Å². The molecule has 4 nitrogen and oxygen atoms in total. The molecule has 5 heteroatoms. The zero-order chi connectivity index (χ0) is 13.2. The van der Waals surface area contributed by atoms with Crippen molar-refractivity contribution in [2.24, 2.45) is 0 Å². The fourth-order valence-electron chi connectivity index (χ4n) is 1.95. The lowest BCUT2D eigenvalue weighted by atomic mass is 10.2. The van der Waals surface area contributed by atoms with Crippen molar-refractivity contribution in [1.82, 2.24) is 14.4 Å². The summed E-state index contributed by atoms with van der Waals surface area (Å²) in [4.78, 5) is 8.50. The van der Waals surface area contributed by atoms with Gasteiger partial charge in [0, 0.05) is 29.8 Å². The van der Waals surface area contributed by atoms with E-state index in [9.17, 15) is 4.39 Å². The maximum absolute atomic E-state index is 12.5. The molecule has 0 atom stereocenters. The number of halogens is 1. The van der Waals surface area contributed by atoms with Crippen LogP contribution < -0.4 is 5.32 Å². The average Bonchev–Trinajstić information content (AvgIpc) is 2.88. The zero-order valence-electron chi connectivity index (χ0n) is 10.5. The smallest absolute Gasteiger partial charge is 0.235 e. The molecule has 96 valence electrons. The average molecular weight is 256 g/mol. The lowest BCUT2D eigenvalue weighted by Gasteiger charge is -2.10. The summed E-state index contributed by atoms with van der Waals surface area (Å²) in [5.41, 5.74) is 2.46. The normalized spacial score (nSPS) is 10.8. The van der Waals surface area contributed by atoms with Crippen LogP contribution in [-0.2, 0) is 6.67 Å². The fourth-order valence-corrected chi connectivity index (χ4v) is 1.95. The van der Waals surface area contributed by atoms with Gasteiger partial charge in [-0.2, -0.15) is 0 Å². The van der Waals surface area contributed by atoms with Gasteiger partial charge in [-0.05, 0) is 24.6 Å². The number of aryl methyl sites for hydroxylation is 1. The van der Waals surface area contributed by atoms with Gasteiger partial charge in [0.15, 0.2) is 0 Å². The largest absolute Gasteiger partial charge is 0.341 e. The predicted octanol–water partition coefficient (Wildman–Crippen LogP) is 3.25. The van der Waals surface area contributed by atoms with Crippen LogP contribution in [-0.4, -0.2) is 14.4 Å². The van der Waals surface area contributed by atoms with Gasteiger partial charge in [0.2, 0.25) is 5.78 Å². The second-order valence-electron chi connectivity index (χ2n) is 4.34. The lowest BCUT2D eigenvalue weighted by Crippen LogP contribution is -2.00. The number of imidazole rings is 1. The first-order valence-corrected chi connectivity index (χ1v) is 5.99. The quantitative estimate of drug-likeness (QED) is 0.782. The highest BCUT2D eigenvalue weighted by Gasteiger charge is 2.04. The number of aromatic nitrogens is 3. The molecule has 0 aliphatic rings. The van der Waals surface area contributed by atoms with Gasteiger partial charge < -0.3 is 5.32 Å².